The van der Waals surface area contributed by atoms with Crippen LogP contribution in [-0.2, 0) is 4.79 Å². The number of hydrazone groups is 1. The first-order valence-corrected chi connectivity index (χ1v) is 10.4. The summed E-state index contributed by atoms with van der Waals surface area (Å²) < 4.78 is 16.9. The molecule has 32 heavy (non-hydrogen) atoms. The highest BCUT2D eigenvalue weighted by Gasteiger charge is 2.12. The van der Waals surface area contributed by atoms with Gasteiger partial charge in [-0.05, 0) is 49.4 Å². The standard InChI is InChI=1S/C24H21BrN2O5/c1-16-6-5-7-17(12-16)24(29)32-20-11-10-19(25)13-18(20)14-26-27-23(28)15-31-22-9-4-3-8-21(22)30-2/h3-14H,15H2,1-2H3,(H,27,28)/b26-14+. The fourth-order valence-electron chi connectivity index (χ4n) is 2.73. The van der Waals surface area contributed by atoms with Crippen molar-refractivity contribution in [1.82, 2.24) is 5.43 Å². The molecular weight excluding hydrogens is 476 g/mol. The molecule has 164 valence electrons. The Morgan fingerprint density at radius 3 is 2.53 bits per heavy atom. The second-order valence-electron chi connectivity index (χ2n) is 6.67. The third kappa shape index (κ3) is 6.42. The van der Waals surface area contributed by atoms with Gasteiger partial charge in [0, 0.05) is 10.0 Å². The maximum Gasteiger partial charge on any atom is 0.343 e. The number of ether oxygens (including phenoxy) is 3. The molecule has 0 saturated heterocycles. The third-order valence-electron chi connectivity index (χ3n) is 4.25. The monoisotopic (exact) mass is 496 g/mol. The summed E-state index contributed by atoms with van der Waals surface area (Å²) in [5.41, 5.74) is 4.29. The van der Waals surface area contributed by atoms with Crippen molar-refractivity contribution < 1.29 is 23.8 Å². The van der Waals surface area contributed by atoms with E-state index in [9.17, 15) is 9.59 Å². The number of methoxy groups -OCH3 is 1. The lowest BCUT2D eigenvalue weighted by Crippen LogP contribution is -2.24. The summed E-state index contributed by atoms with van der Waals surface area (Å²) in [6, 6.07) is 19.2. The van der Waals surface area contributed by atoms with Crippen molar-refractivity contribution >= 4 is 34.0 Å². The molecule has 0 aliphatic heterocycles. The minimum absolute atomic E-state index is 0.245. The number of amides is 1. The Morgan fingerprint density at radius 2 is 1.78 bits per heavy atom. The van der Waals surface area contributed by atoms with Crippen molar-refractivity contribution in [1.29, 1.82) is 0 Å². The molecule has 3 rings (SSSR count). The quantitative estimate of drug-likeness (QED) is 0.214. The average molecular weight is 497 g/mol. The van der Waals surface area contributed by atoms with Gasteiger partial charge in [-0.15, -0.1) is 0 Å². The predicted octanol–water partition coefficient (Wildman–Crippen LogP) is 4.51. The van der Waals surface area contributed by atoms with E-state index >= 15 is 0 Å². The summed E-state index contributed by atoms with van der Waals surface area (Å²) in [7, 11) is 1.52. The number of carbonyl (C=O) groups excluding carboxylic acids is 2. The van der Waals surface area contributed by atoms with Crippen LogP contribution < -0.4 is 19.6 Å². The van der Waals surface area contributed by atoms with E-state index in [1.165, 1.54) is 13.3 Å². The second kappa shape index (κ2) is 11.1. The molecule has 0 fully saturated rings. The summed E-state index contributed by atoms with van der Waals surface area (Å²) >= 11 is 3.38. The van der Waals surface area contributed by atoms with Crippen LogP contribution in [0.3, 0.4) is 0 Å². The van der Waals surface area contributed by atoms with Crippen LogP contribution in [0.2, 0.25) is 0 Å². The van der Waals surface area contributed by atoms with Crippen molar-refractivity contribution in [3.63, 3.8) is 0 Å². The molecule has 3 aromatic carbocycles. The first kappa shape index (κ1) is 23.0. The Bertz CT molecular complexity index is 1150. The number of nitrogens with zero attached hydrogens (tertiary/aromatic N) is 1. The highest BCUT2D eigenvalue weighted by Crippen LogP contribution is 2.25. The zero-order chi connectivity index (χ0) is 22.9. The summed E-state index contributed by atoms with van der Waals surface area (Å²) in [5, 5.41) is 3.94. The van der Waals surface area contributed by atoms with Crippen LogP contribution in [0.25, 0.3) is 0 Å². The highest BCUT2D eigenvalue weighted by atomic mass is 79.9. The van der Waals surface area contributed by atoms with Gasteiger partial charge in [-0.25, -0.2) is 10.2 Å². The number of nitrogens with one attached hydrogen (secondary N) is 1. The van der Waals surface area contributed by atoms with E-state index in [0.717, 1.165) is 10.0 Å². The summed E-state index contributed by atoms with van der Waals surface area (Å²) in [6.07, 6.45) is 1.39. The van der Waals surface area contributed by atoms with Crippen molar-refractivity contribution in [3.8, 4) is 17.2 Å². The third-order valence-corrected chi connectivity index (χ3v) is 4.74. The smallest absolute Gasteiger partial charge is 0.343 e. The number of hydrogen-bond donors (Lipinski definition) is 1. The van der Waals surface area contributed by atoms with E-state index in [1.807, 2.05) is 13.0 Å². The van der Waals surface area contributed by atoms with Gasteiger partial charge in [0.05, 0.1) is 18.9 Å². The Kier molecular flexibility index (Phi) is 7.99. The van der Waals surface area contributed by atoms with Gasteiger partial charge in [0.25, 0.3) is 5.91 Å². The average Bonchev–Trinajstić information content (AvgIpc) is 2.79. The largest absolute Gasteiger partial charge is 0.493 e. The van der Waals surface area contributed by atoms with Crippen molar-refractivity contribution in [2.75, 3.05) is 13.7 Å². The van der Waals surface area contributed by atoms with Gasteiger partial charge in [-0.2, -0.15) is 5.10 Å². The molecule has 0 aliphatic rings. The van der Waals surface area contributed by atoms with Crippen LogP contribution in [-0.4, -0.2) is 31.8 Å². The molecule has 0 atom stereocenters. The lowest BCUT2D eigenvalue weighted by atomic mass is 10.1. The first-order chi connectivity index (χ1) is 15.5. The van der Waals surface area contributed by atoms with E-state index in [0.29, 0.717) is 28.4 Å². The molecule has 0 unspecified atom stereocenters. The highest BCUT2D eigenvalue weighted by molar-refractivity contribution is 9.10. The number of carbonyl (C=O) groups is 2. The zero-order valence-corrected chi connectivity index (χ0v) is 19.1. The molecular formula is C24H21BrN2O5. The van der Waals surface area contributed by atoms with Crippen LogP contribution in [0, 0.1) is 6.92 Å². The molecule has 1 N–H and O–H groups in total. The van der Waals surface area contributed by atoms with Crippen LogP contribution in [0.1, 0.15) is 21.5 Å². The number of aryl methyl sites for hydroxylation is 1. The molecule has 8 heteroatoms. The van der Waals surface area contributed by atoms with Gasteiger partial charge in [0.15, 0.2) is 18.1 Å². The molecule has 0 spiro atoms. The van der Waals surface area contributed by atoms with E-state index in [-0.39, 0.29) is 6.61 Å². The Hall–Kier alpha value is -3.65. The van der Waals surface area contributed by atoms with Gasteiger partial charge in [-0.1, -0.05) is 45.8 Å². The fourth-order valence-corrected chi connectivity index (χ4v) is 3.11. The lowest BCUT2D eigenvalue weighted by Gasteiger charge is -2.09. The minimum Gasteiger partial charge on any atom is -0.493 e. The number of benzene rings is 3. The second-order valence-corrected chi connectivity index (χ2v) is 7.59. The molecule has 7 nitrogen and oxygen atoms in total. The molecule has 0 aliphatic carbocycles. The Morgan fingerprint density at radius 1 is 1.00 bits per heavy atom. The number of para-hydroxylation sites is 2. The first-order valence-electron chi connectivity index (χ1n) is 9.62. The van der Waals surface area contributed by atoms with Crippen LogP contribution in [0.4, 0.5) is 0 Å². The maximum absolute atomic E-state index is 12.5. The number of rotatable bonds is 8. The SMILES string of the molecule is COc1ccccc1OCC(=O)N/N=C/c1cc(Br)ccc1OC(=O)c1cccc(C)c1. The summed E-state index contributed by atoms with van der Waals surface area (Å²) in [6.45, 7) is 1.65. The zero-order valence-electron chi connectivity index (χ0n) is 17.5. The molecule has 3 aromatic rings. The van der Waals surface area contributed by atoms with E-state index < -0.39 is 11.9 Å². The molecule has 0 aromatic heterocycles. The summed E-state index contributed by atoms with van der Waals surface area (Å²) in [4.78, 5) is 24.6. The van der Waals surface area contributed by atoms with Crippen molar-refractivity contribution in [2.45, 2.75) is 6.92 Å². The molecule has 1 amide bonds. The Balaban J connectivity index is 1.63. The predicted molar refractivity (Wildman–Crippen MR) is 125 cm³/mol. The van der Waals surface area contributed by atoms with Crippen LogP contribution >= 0.6 is 15.9 Å². The Labute approximate surface area is 194 Å². The van der Waals surface area contributed by atoms with Gasteiger partial charge < -0.3 is 14.2 Å². The molecule has 0 radical (unpaired) electrons. The van der Waals surface area contributed by atoms with Crippen molar-refractivity contribution in [3.05, 3.63) is 87.9 Å². The van der Waals surface area contributed by atoms with E-state index in [2.05, 4.69) is 26.5 Å². The molecule has 0 bridgehead atoms. The normalized spacial score (nSPS) is 10.6. The van der Waals surface area contributed by atoms with Gasteiger partial charge in [0.1, 0.15) is 5.75 Å². The number of esters is 1. The van der Waals surface area contributed by atoms with Crippen LogP contribution in [0.5, 0.6) is 17.2 Å². The maximum atomic E-state index is 12.5. The van der Waals surface area contributed by atoms with Crippen molar-refractivity contribution in [2.24, 2.45) is 5.10 Å². The van der Waals surface area contributed by atoms with E-state index in [1.54, 1.807) is 60.7 Å². The molecule has 0 heterocycles. The lowest BCUT2D eigenvalue weighted by molar-refractivity contribution is -0.123. The molecule has 0 saturated carbocycles. The van der Waals surface area contributed by atoms with Crippen LogP contribution in [0.15, 0.2) is 76.3 Å². The summed E-state index contributed by atoms with van der Waals surface area (Å²) in [5.74, 6) is 0.341. The topological polar surface area (TPSA) is 86.2 Å². The fraction of sp³-hybridized carbons (Fsp3) is 0.125. The van der Waals surface area contributed by atoms with Gasteiger partial charge >= 0.3 is 5.97 Å². The number of hydrogen-bond acceptors (Lipinski definition) is 6. The van der Waals surface area contributed by atoms with Gasteiger partial charge in [0.2, 0.25) is 0 Å². The van der Waals surface area contributed by atoms with E-state index in [4.69, 9.17) is 14.2 Å². The minimum atomic E-state index is -0.486. The number of halogens is 1. The van der Waals surface area contributed by atoms with Gasteiger partial charge in [-0.3, -0.25) is 4.79 Å².